The van der Waals surface area contributed by atoms with Crippen molar-refractivity contribution in [3.63, 3.8) is 0 Å². The van der Waals surface area contributed by atoms with Gasteiger partial charge in [0.2, 0.25) is 0 Å². The van der Waals surface area contributed by atoms with Crippen LogP contribution in [0, 0.1) is 22.7 Å². The maximum Gasteiger partial charge on any atom is 0.304 e. The molecule has 5 nitrogen and oxygen atoms in total. The summed E-state index contributed by atoms with van der Waals surface area (Å²) in [6.45, 7) is 0. The molecule has 2 N–H and O–H groups in total. The number of phenolic OH excluding ortho intramolecular Hbond substituents is 1. The third-order valence-electron chi connectivity index (χ3n) is 3.95. The van der Waals surface area contributed by atoms with Gasteiger partial charge in [0.1, 0.15) is 23.5 Å². The molecule has 0 fully saturated rings. The summed E-state index contributed by atoms with van der Waals surface area (Å²) in [7, 11) is 0. The Morgan fingerprint density at radius 2 is 2.00 bits per heavy atom. The fourth-order valence-electron chi connectivity index (χ4n) is 2.91. The number of hydrogen-bond donors (Lipinski definition) is 2. The summed E-state index contributed by atoms with van der Waals surface area (Å²) in [6, 6.07) is 7.54. The predicted octanol–water partition coefficient (Wildman–Crippen LogP) is 3.42. The molecule has 0 amide bonds. The van der Waals surface area contributed by atoms with Crippen LogP contribution in [-0.4, -0.2) is 21.9 Å². The van der Waals surface area contributed by atoms with Crippen LogP contribution < -0.4 is 0 Å². The zero-order valence-electron chi connectivity index (χ0n) is 12.5. The number of carbonyl (C=O) groups is 1. The number of carboxylic acid groups (broad SMARTS) is 1. The molecule has 2 aromatic rings. The molecule has 24 heavy (non-hydrogen) atoms. The van der Waals surface area contributed by atoms with E-state index in [1.54, 1.807) is 6.07 Å². The van der Waals surface area contributed by atoms with Crippen molar-refractivity contribution in [2.24, 2.45) is 0 Å². The fourth-order valence-corrected chi connectivity index (χ4v) is 3.90. The van der Waals surface area contributed by atoms with E-state index in [1.165, 1.54) is 11.8 Å². The summed E-state index contributed by atoms with van der Waals surface area (Å²) in [5.41, 5.74) is 1.68. The highest BCUT2D eigenvalue weighted by molar-refractivity contribution is 7.99. The molecule has 3 rings (SSSR count). The Hall–Kier alpha value is -2.96. The van der Waals surface area contributed by atoms with Crippen LogP contribution in [-0.2, 0) is 11.2 Å². The minimum absolute atomic E-state index is 0.00697. The van der Waals surface area contributed by atoms with E-state index in [9.17, 15) is 20.4 Å². The fraction of sp³-hybridized carbons (Fsp3) is 0.167. The van der Waals surface area contributed by atoms with E-state index in [4.69, 9.17) is 5.11 Å². The van der Waals surface area contributed by atoms with E-state index in [2.05, 4.69) is 0 Å². The lowest BCUT2D eigenvalue weighted by Gasteiger charge is -2.19. The van der Waals surface area contributed by atoms with Gasteiger partial charge in [-0.15, -0.1) is 11.8 Å². The first-order chi connectivity index (χ1) is 11.6. The molecule has 2 aromatic carbocycles. The quantitative estimate of drug-likeness (QED) is 0.829. The number of hydrogen-bond acceptors (Lipinski definition) is 5. The van der Waals surface area contributed by atoms with Gasteiger partial charge in [0.25, 0.3) is 0 Å². The number of nitrogens with zero attached hydrogens (tertiary/aromatic N) is 2. The van der Waals surface area contributed by atoms with Gasteiger partial charge in [0.15, 0.2) is 0 Å². The highest BCUT2D eigenvalue weighted by Crippen LogP contribution is 2.42. The Bertz CT molecular complexity index is 981. The van der Waals surface area contributed by atoms with E-state index in [0.29, 0.717) is 23.1 Å². The minimum atomic E-state index is -0.851. The number of rotatable bonds is 4. The predicted molar refractivity (Wildman–Crippen MR) is 90.8 cm³/mol. The SMILES string of the molecule is N#Cc1c(O)c2c3c(c(SCCC(=O)O)ccc3c1C#N)C=CC2. The number of nitriles is 2. The van der Waals surface area contributed by atoms with Crippen molar-refractivity contribution in [3.8, 4) is 17.9 Å². The topological polar surface area (TPSA) is 105 Å². The van der Waals surface area contributed by atoms with Crippen molar-refractivity contribution >= 4 is 34.6 Å². The largest absolute Gasteiger partial charge is 0.506 e. The number of thioether (sulfide) groups is 1. The van der Waals surface area contributed by atoms with Gasteiger partial charge in [-0.2, -0.15) is 10.5 Å². The van der Waals surface area contributed by atoms with Crippen molar-refractivity contribution < 1.29 is 15.0 Å². The molecular formula is C18H12N2O3S. The summed E-state index contributed by atoms with van der Waals surface area (Å²) in [5.74, 6) is -0.555. The van der Waals surface area contributed by atoms with Crippen molar-refractivity contribution in [1.82, 2.24) is 0 Å². The number of benzene rings is 2. The molecule has 0 unspecified atom stereocenters. The first kappa shape index (κ1) is 15.9. The smallest absolute Gasteiger partial charge is 0.304 e. The summed E-state index contributed by atoms with van der Waals surface area (Å²) in [6.07, 6.45) is 4.36. The van der Waals surface area contributed by atoms with Gasteiger partial charge in [-0.25, -0.2) is 0 Å². The van der Waals surface area contributed by atoms with E-state index in [1.807, 2.05) is 30.4 Å². The van der Waals surface area contributed by atoms with Crippen molar-refractivity contribution in [2.75, 3.05) is 5.75 Å². The number of aliphatic carboxylic acids is 1. The first-order valence-corrected chi connectivity index (χ1v) is 8.22. The van der Waals surface area contributed by atoms with Crippen LogP contribution in [0.4, 0.5) is 0 Å². The maximum atomic E-state index is 10.7. The van der Waals surface area contributed by atoms with Gasteiger partial charge in [0.05, 0.1) is 12.0 Å². The number of carboxylic acids is 1. The molecule has 0 spiro atoms. The molecule has 0 aliphatic heterocycles. The molecule has 6 heteroatoms. The van der Waals surface area contributed by atoms with Crippen LogP contribution in [0.3, 0.4) is 0 Å². The summed E-state index contributed by atoms with van der Waals surface area (Å²) in [5, 5.41) is 39.3. The van der Waals surface area contributed by atoms with Crippen LogP contribution in [0.5, 0.6) is 5.75 Å². The van der Waals surface area contributed by atoms with Gasteiger partial charge >= 0.3 is 5.97 Å². The van der Waals surface area contributed by atoms with Crippen molar-refractivity contribution in [1.29, 1.82) is 10.5 Å². The van der Waals surface area contributed by atoms with Gasteiger partial charge in [-0.05, 0) is 23.4 Å². The van der Waals surface area contributed by atoms with Crippen LogP contribution in [0.15, 0.2) is 23.1 Å². The Morgan fingerprint density at radius 3 is 2.67 bits per heavy atom. The number of allylic oxidation sites excluding steroid dienone is 1. The van der Waals surface area contributed by atoms with Crippen LogP contribution in [0.1, 0.15) is 28.7 Å². The summed E-state index contributed by atoms with van der Waals surface area (Å²) >= 11 is 1.43. The van der Waals surface area contributed by atoms with E-state index >= 15 is 0 Å². The third kappa shape index (κ3) is 2.47. The van der Waals surface area contributed by atoms with Crippen LogP contribution in [0.2, 0.25) is 0 Å². The lowest BCUT2D eigenvalue weighted by Crippen LogP contribution is -2.01. The molecule has 0 bridgehead atoms. The standard InChI is InChI=1S/C18H12N2O3S/c19-8-13-10-4-5-15(24-7-6-16(21)22)11-2-1-3-12(17(10)11)18(23)14(13)9-20/h1-2,4-5,23H,3,6-7H2,(H,21,22). The zero-order chi connectivity index (χ0) is 17.3. The zero-order valence-corrected chi connectivity index (χ0v) is 13.4. The lowest BCUT2D eigenvalue weighted by molar-refractivity contribution is -0.136. The van der Waals surface area contributed by atoms with Crippen LogP contribution in [0.25, 0.3) is 16.8 Å². The Labute approximate surface area is 142 Å². The second kappa shape index (κ2) is 6.27. The molecule has 0 radical (unpaired) electrons. The maximum absolute atomic E-state index is 10.7. The van der Waals surface area contributed by atoms with E-state index in [-0.39, 0.29) is 23.3 Å². The molecule has 0 saturated carbocycles. The van der Waals surface area contributed by atoms with Gasteiger partial charge < -0.3 is 10.2 Å². The van der Waals surface area contributed by atoms with Crippen molar-refractivity contribution in [2.45, 2.75) is 17.7 Å². The lowest BCUT2D eigenvalue weighted by atomic mass is 9.87. The highest BCUT2D eigenvalue weighted by Gasteiger charge is 2.23. The molecule has 0 aromatic heterocycles. The molecule has 1 aliphatic carbocycles. The monoisotopic (exact) mass is 336 g/mol. The Balaban J connectivity index is 2.24. The minimum Gasteiger partial charge on any atom is -0.506 e. The first-order valence-electron chi connectivity index (χ1n) is 7.24. The molecule has 0 heterocycles. The Morgan fingerprint density at radius 1 is 1.25 bits per heavy atom. The Kier molecular flexibility index (Phi) is 4.16. The highest BCUT2D eigenvalue weighted by atomic mass is 32.2. The van der Waals surface area contributed by atoms with E-state index < -0.39 is 5.97 Å². The normalized spacial score (nSPS) is 11.9. The van der Waals surface area contributed by atoms with Crippen molar-refractivity contribution in [3.05, 3.63) is 40.5 Å². The molecule has 118 valence electrons. The van der Waals surface area contributed by atoms with Gasteiger partial charge in [0, 0.05) is 21.6 Å². The second-order valence-electron chi connectivity index (χ2n) is 5.30. The third-order valence-corrected chi connectivity index (χ3v) is 5.03. The molecule has 0 atom stereocenters. The summed E-state index contributed by atoms with van der Waals surface area (Å²) < 4.78 is 0. The average molecular weight is 336 g/mol. The molecule has 1 aliphatic rings. The van der Waals surface area contributed by atoms with Crippen LogP contribution >= 0.6 is 11.8 Å². The molecular weight excluding hydrogens is 324 g/mol. The van der Waals surface area contributed by atoms with Gasteiger partial charge in [-0.3, -0.25) is 4.79 Å². The van der Waals surface area contributed by atoms with E-state index in [0.717, 1.165) is 15.8 Å². The average Bonchev–Trinajstić information content (AvgIpc) is 2.58. The molecule has 0 saturated heterocycles. The second-order valence-corrected chi connectivity index (χ2v) is 6.44. The number of aromatic hydroxyl groups is 1. The number of phenols is 1. The summed E-state index contributed by atoms with van der Waals surface area (Å²) in [4.78, 5) is 11.6. The van der Waals surface area contributed by atoms with Gasteiger partial charge in [-0.1, -0.05) is 18.2 Å².